The lowest BCUT2D eigenvalue weighted by Gasteiger charge is -2.27. The fraction of sp³-hybridized carbons (Fsp3) is 0.667. The SMILES string of the molecule is C#CC(=O)N(C)CC(C)(C)CN. The van der Waals surface area contributed by atoms with Crippen LogP contribution in [0.2, 0.25) is 0 Å². The Hall–Kier alpha value is -1.01. The summed E-state index contributed by atoms with van der Waals surface area (Å²) in [5, 5.41) is 0. The van der Waals surface area contributed by atoms with Crippen molar-refractivity contribution in [1.29, 1.82) is 0 Å². The number of terminal acetylenes is 1. The first kappa shape index (κ1) is 11.0. The van der Waals surface area contributed by atoms with E-state index in [4.69, 9.17) is 12.2 Å². The first-order chi connectivity index (χ1) is 5.43. The van der Waals surface area contributed by atoms with Crippen LogP contribution in [0.4, 0.5) is 0 Å². The van der Waals surface area contributed by atoms with Crippen LogP contribution in [0.5, 0.6) is 0 Å². The van der Waals surface area contributed by atoms with Crippen molar-refractivity contribution in [3.63, 3.8) is 0 Å². The van der Waals surface area contributed by atoms with Crippen molar-refractivity contribution in [2.75, 3.05) is 20.1 Å². The lowest BCUT2D eigenvalue weighted by Crippen LogP contribution is -2.39. The number of amides is 1. The minimum Gasteiger partial charge on any atom is -0.334 e. The molecule has 0 rings (SSSR count). The predicted octanol–water partition coefficient (Wildman–Crippen LogP) is 0.0629. The molecule has 0 aliphatic carbocycles. The summed E-state index contributed by atoms with van der Waals surface area (Å²) in [7, 11) is 1.68. The zero-order chi connectivity index (χ0) is 9.78. The van der Waals surface area contributed by atoms with Gasteiger partial charge in [-0.05, 0) is 17.9 Å². The minimum absolute atomic E-state index is 0.0682. The van der Waals surface area contributed by atoms with Gasteiger partial charge in [0, 0.05) is 13.6 Å². The van der Waals surface area contributed by atoms with Crippen LogP contribution >= 0.6 is 0 Å². The highest BCUT2D eigenvalue weighted by Gasteiger charge is 2.19. The van der Waals surface area contributed by atoms with E-state index in [-0.39, 0.29) is 11.3 Å². The summed E-state index contributed by atoms with van der Waals surface area (Å²) in [6, 6.07) is 0. The Bertz CT molecular complexity index is 203. The van der Waals surface area contributed by atoms with Gasteiger partial charge in [-0.15, -0.1) is 6.42 Å². The third kappa shape index (κ3) is 3.40. The van der Waals surface area contributed by atoms with Gasteiger partial charge in [0.05, 0.1) is 0 Å². The van der Waals surface area contributed by atoms with Gasteiger partial charge in [-0.3, -0.25) is 4.79 Å². The van der Waals surface area contributed by atoms with Crippen LogP contribution in [-0.4, -0.2) is 30.9 Å². The summed E-state index contributed by atoms with van der Waals surface area (Å²) in [4.78, 5) is 12.5. The van der Waals surface area contributed by atoms with E-state index in [1.807, 2.05) is 13.8 Å². The molecule has 0 aliphatic heterocycles. The molecule has 2 N–H and O–H groups in total. The maximum atomic E-state index is 11.0. The van der Waals surface area contributed by atoms with Crippen LogP contribution in [-0.2, 0) is 4.79 Å². The van der Waals surface area contributed by atoms with Crippen molar-refractivity contribution in [2.45, 2.75) is 13.8 Å². The molecule has 0 atom stereocenters. The quantitative estimate of drug-likeness (QED) is 0.606. The van der Waals surface area contributed by atoms with Crippen LogP contribution in [0.15, 0.2) is 0 Å². The highest BCUT2D eigenvalue weighted by Crippen LogP contribution is 2.13. The summed E-state index contributed by atoms with van der Waals surface area (Å²) in [5.74, 6) is 1.76. The van der Waals surface area contributed by atoms with Gasteiger partial charge in [-0.1, -0.05) is 13.8 Å². The van der Waals surface area contributed by atoms with Gasteiger partial charge in [0.15, 0.2) is 0 Å². The molecule has 1 amide bonds. The van der Waals surface area contributed by atoms with Crippen molar-refractivity contribution in [3.8, 4) is 12.3 Å². The van der Waals surface area contributed by atoms with Crippen LogP contribution in [0, 0.1) is 17.8 Å². The van der Waals surface area contributed by atoms with Crippen molar-refractivity contribution >= 4 is 5.91 Å². The Morgan fingerprint density at radius 3 is 2.50 bits per heavy atom. The number of carbonyl (C=O) groups excluding carboxylic acids is 1. The van der Waals surface area contributed by atoms with Gasteiger partial charge in [0.25, 0.3) is 5.91 Å². The van der Waals surface area contributed by atoms with Crippen molar-refractivity contribution in [3.05, 3.63) is 0 Å². The van der Waals surface area contributed by atoms with E-state index in [0.717, 1.165) is 0 Å². The number of hydrogen-bond acceptors (Lipinski definition) is 2. The van der Waals surface area contributed by atoms with Crippen molar-refractivity contribution < 1.29 is 4.79 Å². The molecule has 0 spiro atoms. The normalized spacial score (nSPS) is 10.6. The van der Waals surface area contributed by atoms with Crippen LogP contribution in [0.25, 0.3) is 0 Å². The molecule has 3 heteroatoms. The topological polar surface area (TPSA) is 46.3 Å². The van der Waals surface area contributed by atoms with Crippen molar-refractivity contribution in [1.82, 2.24) is 4.90 Å². The molecule has 68 valence electrons. The third-order valence-electron chi connectivity index (χ3n) is 1.69. The summed E-state index contributed by atoms with van der Waals surface area (Å²) in [6.07, 6.45) is 4.96. The molecule has 0 unspecified atom stereocenters. The highest BCUT2D eigenvalue weighted by atomic mass is 16.2. The molecular formula is C9H16N2O. The van der Waals surface area contributed by atoms with Gasteiger partial charge >= 0.3 is 0 Å². The summed E-state index contributed by atoms with van der Waals surface area (Å²) in [6.45, 7) is 5.11. The third-order valence-corrected chi connectivity index (χ3v) is 1.69. The summed E-state index contributed by atoms with van der Waals surface area (Å²) in [5.41, 5.74) is 5.44. The molecule has 0 fully saturated rings. The van der Waals surface area contributed by atoms with Gasteiger partial charge in [0.2, 0.25) is 0 Å². The Kier molecular flexibility index (Phi) is 3.78. The fourth-order valence-electron chi connectivity index (χ4n) is 0.889. The van der Waals surface area contributed by atoms with E-state index in [0.29, 0.717) is 13.1 Å². The van der Waals surface area contributed by atoms with Crippen LogP contribution in [0.1, 0.15) is 13.8 Å². The lowest BCUT2D eigenvalue weighted by atomic mass is 9.93. The van der Waals surface area contributed by atoms with Gasteiger partial charge in [0.1, 0.15) is 0 Å². The first-order valence-electron chi connectivity index (χ1n) is 3.85. The second kappa shape index (κ2) is 4.13. The largest absolute Gasteiger partial charge is 0.334 e. The molecular weight excluding hydrogens is 152 g/mol. The van der Waals surface area contributed by atoms with Gasteiger partial charge in [-0.2, -0.15) is 0 Å². The fourth-order valence-corrected chi connectivity index (χ4v) is 0.889. The van der Waals surface area contributed by atoms with E-state index >= 15 is 0 Å². The molecule has 3 nitrogen and oxygen atoms in total. The summed E-state index contributed by atoms with van der Waals surface area (Å²) >= 11 is 0. The first-order valence-corrected chi connectivity index (χ1v) is 3.85. The molecule has 0 heterocycles. The van der Waals surface area contributed by atoms with E-state index < -0.39 is 0 Å². The maximum absolute atomic E-state index is 11.0. The zero-order valence-electron chi connectivity index (χ0n) is 7.92. The van der Waals surface area contributed by atoms with E-state index in [9.17, 15) is 4.79 Å². The van der Waals surface area contributed by atoms with E-state index in [2.05, 4.69) is 5.92 Å². The smallest absolute Gasteiger partial charge is 0.297 e. The second-order valence-corrected chi connectivity index (χ2v) is 3.67. The van der Waals surface area contributed by atoms with Crippen LogP contribution in [0.3, 0.4) is 0 Å². The van der Waals surface area contributed by atoms with Crippen LogP contribution < -0.4 is 5.73 Å². The monoisotopic (exact) mass is 168 g/mol. The lowest BCUT2D eigenvalue weighted by molar-refractivity contribution is -0.125. The zero-order valence-corrected chi connectivity index (χ0v) is 7.92. The average molecular weight is 168 g/mol. The Balaban J connectivity index is 4.11. The molecule has 12 heavy (non-hydrogen) atoms. The Morgan fingerprint density at radius 2 is 2.17 bits per heavy atom. The highest BCUT2D eigenvalue weighted by molar-refractivity contribution is 5.92. The molecule has 0 aromatic heterocycles. The molecule has 0 saturated carbocycles. The Morgan fingerprint density at radius 1 is 1.67 bits per heavy atom. The van der Waals surface area contributed by atoms with Gasteiger partial charge in [-0.25, -0.2) is 0 Å². The molecule has 0 radical (unpaired) electrons. The van der Waals surface area contributed by atoms with Gasteiger partial charge < -0.3 is 10.6 Å². The number of nitrogens with zero attached hydrogens (tertiary/aromatic N) is 1. The molecule has 0 saturated heterocycles. The minimum atomic E-state index is -0.295. The Labute approximate surface area is 73.9 Å². The predicted molar refractivity (Wildman–Crippen MR) is 49.3 cm³/mol. The standard InChI is InChI=1S/C9H16N2O/c1-5-8(12)11(4)7-9(2,3)6-10/h1H,6-7,10H2,2-4H3. The number of nitrogens with two attached hydrogens (primary N) is 1. The summed E-state index contributed by atoms with van der Waals surface area (Å²) < 4.78 is 0. The molecule has 0 aromatic carbocycles. The maximum Gasteiger partial charge on any atom is 0.297 e. The molecule has 0 bridgehead atoms. The number of hydrogen-bond donors (Lipinski definition) is 1. The number of rotatable bonds is 3. The molecule has 0 aromatic rings. The molecule has 0 aliphatic rings. The van der Waals surface area contributed by atoms with E-state index in [1.165, 1.54) is 4.90 Å². The second-order valence-electron chi connectivity index (χ2n) is 3.67. The van der Waals surface area contributed by atoms with E-state index in [1.54, 1.807) is 7.05 Å². The average Bonchev–Trinajstić information content (AvgIpc) is 2.02. The number of carbonyl (C=O) groups is 1. The van der Waals surface area contributed by atoms with Crippen molar-refractivity contribution in [2.24, 2.45) is 11.1 Å².